The van der Waals surface area contributed by atoms with Crippen molar-refractivity contribution in [3.05, 3.63) is 12.7 Å². The van der Waals surface area contributed by atoms with Gasteiger partial charge in [-0.3, -0.25) is 14.5 Å². The predicted molar refractivity (Wildman–Crippen MR) is 172 cm³/mol. The number of halogens is 1. The largest absolute Gasteiger partial charge is 1.00 e. The number of piperidine rings is 1. The quantitative estimate of drug-likeness (QED) is 0.221. The fourth-order valence-corrected chi connectivity index (χ4v) is 12.0. The van der Waals surface area contributed by atoms with E-state index in [-0.39, 0.29) is 58.0 Å². The summed E-state index contributed by atoms with van der Waals surface area (Å²) < 4.78 is 19.5. The molecule has 45 heavy (non-hydrogen) atoms. The van der Waals surface area contributed by atoms with Gasteiger partial charge in [0.1, 0.15) is 12.1 Å². The number of fused-ring (bicyclic) bond motifs is 5. The van der Waals surface area contributed by atoms with Crippen LogP contribution in [0.1, 0.15) is 105 Å². The highest BCUT2D eigenvalue weighted by Gasteiger charge is 2.67. The highest BCUT2D eigenvalue weighted by Crippen LogP contribution is 2.68. The molecule has 0 bridgehead atoms. The van der Waals surface area contributed by atoms with Gasteiger partial charge in [0.05, 0.1) is 32.8 Å². The van der Waals surface area contributed by atoms with Gasteiger partial charge in [-0.05, 0) is 99.4 Å². The minimum Gasteiger partial charge on any atom is -1.00 e. The van der Waals surface area contributed by atoms with Crippen LogP contribution in [0.25, 0.3) is 0 Å². The molecule has 0 aromatic heterocycles. The zero-order chi connectivity index (χ0) is 31.1. The first kappa shape index (κ1) is 35.3. The van der Waals surface area contributed by atoms with E-state index in [9.17, 15) is 9.59 Å². The van der Waals surface area contributed by atoms with E-state index in [0.717, 1.165) is 63.0 Å². The van der Waals surface area contributed by atoms with Crippen LogP contribution in [-0.4, -0.2) is 91.6 Å². The Labute approximate surface area is 283 Å². The van der Waals surface area contributed by atoms with Crippen molar-refractivity contribution < 1.29 is 45.3 Å². The van der Waals surface area contributed by atoms with Gasteiger partial charge in [-0.2, -0.15) is 0 Å². The topological polar surface area (TPSA) is 65.1 Å². The van der Waals surface area contributed by atoms with Crippen LogP contribution in [0.5, 0.6) is 0 Å². The highest BCUT2D eigenvalue weighted by atomic mass is 79.9. The third kappa shape index (κ3) is 6.45. The lowest BCUT2D eigenvalue weighted by Crippen LogP contribution is -3.00. The lowest BCUT2D eigenvalue weighted by molar-refractivity contribution is -0.952. The summed E-state index contributed by atoms with van der Waals surface area (Å²) in [4.78, 5) is 28.0. The molecule has 0 spiro atoms. The molecule has 7 nitrogen and oxygen atoms in total. The van der Waals surface area contributed by atoms with Crippen molar-refractivity contribution in [3.63, 3.8) is 0 Å². The van der Waals surface area contributed by atoms with Crippen LogP contribution in [0.3, 0.4) is 0 Å². The summed E-state index contributed by atoms with van der Waals surface area (Å²) in [6.07, 6.45) is 15.4. The van der Waals surface area contributed by atoms with Gasteiger partial charge in [0.25, 0.3) is 0 Å². The van der Waals surface area contributed by atoms with E-state index in [1.54, 1.807) is 6.92 Å². The Hall–Kier alpha value is -0.960. The number of rotatable bonds is 8. The zero-order valence-electron chi connectivity index (χ0n) is 28.7. The van der Waals surface area contributed by atoms with Gasteiger partial charge in [0.15, 0.2) is 6.10 Å². The number of hydrogen-bond donors (Lipinski definition) is 0. The second-order valence-corrected chi connectivity index (χ2v) is 16.2. The van der Waals surface area contributed by atoms with Crippen molar-refractivity contribution >= 4 is 11.9 Å². The van der Waals surface area contributed by atoms with Crippen LogP contribution in [0, 0.1) is 34.5 Å². The number of hydrogen-bond acceptors (Lipinski definition) is 6. The van der Waals surface area contributed by atoms with E-state index >= 15 is 0 Å². The Morgan fingerprint density at radius 2 is 1.73 bits per heavy atom. The van der Waals surface area contributed by atoms with Crippen LogP contribution in [0.2, 0.25) is 0 Å². The van der Waals surface area contributed by atoms with Gasteiger partial charge in [0.2, 0.25) is 0 Å². The van der Waals surface area contributed by atoms with Crippen molar-refractivity contribution in [3.8, 4) is 0 Å². The summed E-state index contributed by atoms with van der Waals surface area (Å²) in [7, 11) is 0. The average molecular weight is 694 g/mol. The first-order chi connectivity index (χ1) is 21.1. The van der Waals surface area contributed by atoms with Gasteiger partial charge in [-0.25, -0.2) is 0 Å². The maximum atomic E-state index is 13.2. The summed E-state index contributed by atoms with van der Waals surface area (Å²) in [5.41, 5.74) is 0.260. The minimum atomic E-state index is -0.145. The van der Waals surface area contributed by atoms with Gasteiger partial charge < -0.3 is 35.7 Å². The first-order valence-electron chi connectivity index (χ1n) is 18.3. The molecule has 4 saturated carbocycles. The first-order valence-corrected chi connectivity index (χ1v) is 18.3. The number of esters is 2. The van der Waals surface area contributed by atoms with Gasteiger partial charge in [0, 0.05) is 44.3 Å². The standard InChI is InChI=1S/C37H61N2O5.BrH/c1-6-11-34(41)44-35-32(39(18-7-2)19-9-8-10-20-39)24-30-28-13-12-27-23-33(43-26(3)40)31(38-16-21-42-22-17-38)25-37(27,5)29(28)14-15-36(30,35)4;/h7,27-33,35H,2,6,8-25H2,1,3-5H3;1H/q+1;/p-1/t27?,28-,29-,30+,31?,32?,33?,35?,36+,37+;/m1./s1. The molecule has 2 heterocycles. The molecule has 0 radical (unpaired) electrons. The van der Waals surface area contributed by atoms with E-state index in [2.05, 4.69) is 38.3 Å². The van der Waals surface area contributed by atoms with Crippen molar-refractivity contribution in [1.29, 1.82) is 0 Å². The second-order valence-electron chi connectivity index (χ2n) is 16.2. The van der Waals surface area contributed by atoms with Crippen molar-refractivity contribution in [2.45, 2.75) is 129 Å². The molecule has 6 aliphatic rings. The Morgan fingerprint density at radius 3 is 2.40 bits per heavy atom. The Balaban J connectivity index is 0.00000400. The third-order valence-corrected chi connectivity index (χ3v) is 14.0. The Morgan fingerprint density at radius 1 is 1.00 bits per heavy atom. The summed E-state index contributed by atoms with van der Waals surface area (Å²) in [5.74, 6) is 2.37. The molecule has 0 N–H and O–H groups in total. The summed E-state index contributed by atoms with van der Waals surface area (Å²) in [6, 6.07) is 0.638. The molecule has 6 rings (SSSR count). The molecule has 8 heteroatoms. The average Bonchev–Trinajstić information content (AvgIpc) is 3.30. The Bertz CT molecular complexity index is 1060. The highest BCUT2D eigenvalue weighted by molar-refractivity contribution is 5.69. The van der Waals surface area contributed by atoms with Crippen LogP contribution < -0.4 is 17.0 Å². The van der Waals surface area contributed by atoms with E-state index in [1.165, 1.54) is 58.0 Å². The molecular formula is C37H61BrN2O5. The fraction of sp³-hybridized carbons (Fsp3) is 0.892. The van der Waals surface area contributed by atoms with E-state index in [4.69, 9.17) is 14.2 Å². The lowest BCUT2D eigenvalue weighted by Gasteiger charge is -2.62. The van der Waals surface area contributed by atoms with Crippen molar-refractivity contribution in [2.75, 3.05) is 45.9 Å². The summed E-state index contributed by atoms with van der Waals surface area (Å²) >= 11 is 0. The maximum Gasteiger partial charge on any atom is 0.306 e. The smallest absolute Gasteiger partial charge is 0.306 e. The van der Waals surface area contributed by atoms with Crippen LogP contribution in [-0.2, 0) is 23.8 Å². The van der Waals surface area contributed by atoms with Gasteiger partial charge in [-0.15, -0.1) is 0 Å². The number of carbonyl (C=O) groups is 2. The van der Waals surface area contributed by atoms with Crippen molar-refractivity contribution in [2.24, 2.45) is 34.5 Å². The monoisotopic (exact) mass is 692 g/mol. The number of quaternary nitrogens is 1. The third-order valence-electron chi connectivity index (χ3n) is 14.0. The predicted octanol–water partition coefficient (Wildman–Crippen LogP) is 3.15. The van der Waals surface area contributed by atoms with E-state index in [0.29, 0.717) is 36.1 Å². The fourth-order valence-electron chi connectivity index (χ4n) is 12.0. The summed E-state index contributed by atoms with van der Waals surface area (Å²) in [5, 5.41) is 0. The molecule has 4 aliphatic carbocycles. The molecular weight excluding hydrogens is 632 g/mol. The van der Waals surface area contributed by atoms with Crippen LogP contribution >= 0.6 is 0 Å². The second kappa shape index (κ2) is 14.3. The molecule has 6 fully saturated rings. The molecule has 5 unspecified atom stereocenters. The van der Waals surface area contributed by atoms with E-state index < -0.39 is 0 Å². The van der Waals surface area contributed by atoms with Gasteiger partial charge >= 0.3 is 11.9 Å². The van der Waals surface area contributed by atoms with Gasteiger partial charge in [-0.1, -0.05) is 27.4 Å². The number of likely N-dealkylation sites (tertiary alicyclic amines) is 1. The molecule has 0 aromatic carbocycles. The molecule has 2 saturated heterocycles. The van der Waals surface area contributed by atoms with Crippen LogP contribution in [0.4, 0.5) is 0 Å². The van der Waals surface area contributed by atoms with Crippen LogP contribution in [0.15, 0.2) is 12.7 Å². The molecule has 0 amide bonds. The number of nitrogens with zero attached hydrogens (tertiary/aromatic N) is 2. The summed E-state index contributed by atoms with van der Waals surface area (Å²) in [6.45, 7) is 19.7. The molecule has 0 aromatic rings. The number of carbonyl (C=O) groups excluding carboxylic acids is 2. The normalized spacial score (nSPS) is 42.7. The number of ether oxygens (including phenoxy) is 3. The minimum absolute atomic E-state index is 0. The molecule has 10 atom stereocenters. The zero-order valence-corrected chi connectivity index (χ0v) is 30.2. The molecule has 2 aliphatic heterocycles. The van der Waals surface area contributed by atoms with E-state index in [1.807, 2.05) is 0 Å². The van der Waals surface area contributed by atoms with Crippen molar-refractivity contribution in [1.82, 2.24) is 4.90 Å². The number of morpholine rings is 1. The maximum absolute atomic E-state index is 13.2. The lowest BCUT2D eigenvalue weighted by atomic mass is 9.44. The SMILES string of the molecule is C=CC[N+]1(C2C[C@H]3[C@@H]4CCC5CC(OC(C)=O)C(N6CCOCC6)C[C@]5(C)[C@@H]4CC[C@]3(C)C2OC(=O)CCC)CCCCC1.[Br-]. The molecule has 256 valence electrons. The Kier molecular flexibility index (Phi) is 11.2.